The summed E-state index contributed by atoms with van der Waals surface area (Å²) in [7, 11) is -3.28. The maximum absolute atomic E-state index is 12.3. The van der Waals surface area contributed by atoms with Gasteiger partial charge in [-0.2, -0.15) is 0 Å². The molecule has 0 unspecified atom stereocenters. The fraction of sp³-hybridized carbons (Fsp3) is 0.286. The summed E-state index contributed by atoms with van der Waals surface area (Å²) in [5, 5.41) is -0.458. The highest BCUT2D eigenvalue weighted by atomic mass is 32.2. The Labute approximate surface area is 104 Å². The molecule has 0 aliphatic rings. The molecule has 1 aromatic carbocycles. The number of allylic oxidation sites excluding steroid dienone is 2. The molecule has 0 aliphatic carbocycles. The molecule has 1 aromatic rings. The second-order valence-electron chi connectivity index (χ2n) is 4.03. The van der Waals surface area contributed by atoms with Crippen LogP contribution in [0.3, 0.4) is 0 Å². The molecule has 0 fully saturated rings. The minimum Gasteiger partial charge on any atom is -0.223 e. The summed E-state index contributed by atoms with van der Waals surface area (Å²) in [6.07, 6.45) is 4.17. The summed E-state index contributed by atoms with van der Waals surface area (Å²) in [6.45, 7) is 9.14. The van der Waals surface area contributed by atoms with Gasteiger partial charge in [0, 0.05) is 0 Å². The average molecular weight is 250 g/mol. The molecular weight excluding hydrogens is 232 g/mol. The van der Waals surface area contributed by atoms with Crippen LogP contribution in [-0.2, 0) is 9.84 Å². The van der Waals surface area contributed by atoms with Crippen LogP contribution >= 0.6 is 0 Å². The predicted octanol–water partition coefficient (Wildman–Crippen LogP) is 3.29. The van der Waals surface area contributed by atoms with Gasteiger partial charge in [0.05, 0.1) is 10.1 Å². The Kier molecular flexibility index (Phi) is 4.70. The SMILES string of the molecule is C=CCC(CC=C)S(=O)(=O)c1ccc(C)cc1. The molecule has 2 nitrogen and oxygen atoms in total. The van der Waals surface area contributed by atoms with Gasteiger partial charge in [0.15, 0.2) is 9.84 Å². The Morgan fingerprint density at radius 1 is 1.12 bits per heavy atom. The maximum atomic E-state index is 12.3. The van der Waals surface area contributed by atoms with E-state index in [1.807, 2.05) is 19.1 Å². The molecule has 17 heavy (non-hydrogen) atoms. The van der Waals surface area contributed by atoms with Crippen molar-refractivity contribution in [2.24, 2.45) is 0 Å². The van der Waals surface area contributed by atoms with E-state index in [4.69, 9.17) is 0 Å². The first-order chi connectivity index (χ1) is 8.02. The van der Waals surface area contributed by atoms with Crippen LogP contribution in [0.5, 0.6) is 0 Å². The van der Waals surface area contributed by atoms with Gasteiger partial charge in [0.2, 0.25) is 0 Å². The van der Waals surface area contributed by atoms with Crippen LogP contribution in [0.2, 0.25) is 0 Å². The molecule has 0 radical (unpaired) electrons. The second-order valence-corrected chi connectivity index (χ2v) is 6.26. The normalized spacial score (nSPS) is 11.4. The number of hydrogen-bond donors (Lipinski definition) is 0. The zero-order valence-electron chi connectivity index (χ0n) is 10.1. The molecular formula is C14H18O2S. The fourth-order valence-electron chi connectivity index (χ4n) is 1.64. The molecule has 0 heterocycles. The van der Waals surface area contributed by atoms with Gasteiger partial charge in [-0.25, -0.2) is 8.42 Å². The van der Waals surface area contributed by atoms with Crippen molar-refractivity contribution in [2.75, 3.05) is 0 Å². The third kappa shape index (κ3) is 3.30. The lowest BCUT2D eigenvalue weighted by molar-refractivity contribution is 0.579. The number of benzene rings is 1. The van der Waals surface area contributed by atoms with Gasteiger partial charge >= 0.3 is 0 Å². The van der Waals surface area contributed by atoms with E-state index >= 15 is 0 Å². The Morgan fingerprint density at radius 2 is 1.59 bits per heavy atom. The topological polar surface area (TPSA) is 34.1 Å². The van der Waals surface area contributed by atoms with Crippen LogP contribution in [0.25, 0.3) is 0 Å². The van der Waals surface area contributed by atoms with E-state index in [0.29, 0.717) is 17.7 Å². The van der Waals surface area contributed by atoms with Crippen LogP contribution in [0, 0.1) is 6.92 Å². The quantitative estimate of drug-likeness (QED) is 0.726. The van der Waals surface area contributed by atoms with Gasteiger partial charge in [0.1, 0.15) is 0 Å². The molecule has 0 spiro atoms. The summed E-state index contributed by atoms with van der Waals surface area (Å²) in [6, 6.07) is 6.94. The van der Waals surface area contributed by atoms with Gasteiger partial charge in [-0.1, -0.05) is 29.8 Å². The molecule has 0 saturated heterocycles. The summed E-state index contributed by atoms with van der Waals surface area (Å²) in [5.41, 5.74) is 1.05. The summed E-state index contributed by atoms with van der Waals surface area (Å²) in [5.74, 6) is 0. The van der Waals surface area contributed by atoms with Crippen molar-refractivity contribution >= 4 is 9.84 Å². The van der Waals surface area contributed by atoms with Crippen molar-refractivity contribution in [1.82, 2.24) is 0 Å². The standard InChI is InChI=1S/C14H18O2S/c1-4-6-13(7-5-2)17(15,16)14-10-8-12(3)9-11-14/h4-5,8-11,13H,1-2,6-7H2,3H3. The van der Waals surface area contributed by atoms with Crippen molar-refractivity contribution in [1.29, 1.82) is 0 Å². The van der Waals surface area contributed by atoms with E-state index in [1.54, 1.807) is 24.3 Å². The second kappa shape index (κ2) is 5.82. The average Bonchev–Trinajstić information content (AvgIpc) is 2.29. The zero-order chi connectivity index (χ0) is 12.9. The van der Waals surface area contributed by atoms with Crippen LogP contribution in [0.4, 0.5) is 0 Å². The van der Waals surface area contributed by atoms with E-state index in [1.165, 1.54) is 0 Å². The van der Waals surface area contributed by atoms with Crippen molar-refractivity contribution < 1.29 is 8.42 Å². The largest absolute Gasteiger partial charge is 0.223 e. The highest BCUT2D eigenvalue weighted by molar-refractivity contribution is 7.92. The van der Waals surface area contributed by atoms with Gasteiger partial charge in [-0.05, 0) is 31.9 Å². The smallest absolute Gasteiger partial charge is 0.181 e. The Balaban J connectivity index is 3.10. The van der Waals surface area contributed by atoms with E-state index < -0.39 is 15.1 Å². The van der Waals surface area contributed by atoms with Crippen LogP contribution in [0.15, 0.2) is 54.5 Å². The third-order valence-electron chi connectivity index (χ3n) is 2.65. The predicted molar refractivity (Wildman–Crippen MR) is 71.8 cm³/mol. The highest BCUT2D eigenvalue weighted by Gasteiger charge is 2.24. The molecule has 0 amide bonds. The highest BCUT2D eigenvalue weighted by Crippen LogP contribution is 2.21. The molecule has 3 heteroatoms. The Bertz CT molecular complexity index is 473. The maximum Gasteiger partial charge on any atom is 0.181 e. The lowest BCUT2D eigenvalue weighted by atomic mass is 10.2. The third-order valence-corrected chi connectivity index (χ3v) is 4.84. The number of sulfone groups is 1. The Morgan fingerprint density at radius 3 is 2.00 bits per heavy atom. The van der Waals surface area contributed by atoms with E-state index in [9.17, 15) is 8.42 Å². The zero-order valence-corrected chi connectivity index (χ0v) is 10.9. The van der Waals surface area contributed by atoms with E-state index in [0.717, 1.165) is 5.56 Å². The van der Waals surface area contributed by atoms with Gasteiger partial charge < -0.3 is 0 Å². The molecule has 0 saturated carbocycles. The fourth-order valence-corrected chi connectivity index (χ4v) is 3.32. The molecule has 0 N–H and O–H groups in total. The minimum absolute atomic E-state index is 0.372. The van der Waals surface area contributed by atoms with Gasteiger partial charge in [-0.3, -0.25) is 0 Å². The van der Waals surface area contributed by atoms with Crippen LogP contribution in [0.1, 0.15) is 18.4 Å². The number of rotatable bonds is 6. The summed E-state index contributed by atoms with van der Waals surface area (Å²) < 4.78 is 24.7. The number of aryl methyl sites for hydroxylation is 1. The molecule has 92 valence electrons. The molecule has 0 bridgehead atoms. The molecule has 0 aliphatic heterocycles. The summed E-state index contributed by atoms with van der Waals surface area (Å²) in [4.78, 5) is 0.372. The van der Waals surface area contributed by atoms with Gasteiger partial charge in [0.25, 0.3) is 0 Å². The minimum atomic E-state index is -3.28. The lowest BCUT2D eigenvalue weighted by Gasteiger charge is -2.14. The Hall–Kier alpha value is -1.35. The van der Waals surface area contributed by atoms with E-state index in [-0.39, 0.29) is 0 Å². The van der Waals surface area contributed by atoms with Crippen molar-refractivity contribution in [3.63, 3.8) is 0 Å². The van der Waals surface area contributed by atoms with Crippen LogP contribution in [-0.4, -0.2) is 13.7 Å². The molecule has 0 aromatic heterocycles. The van der Waals surface area contributed by atoms with Crippen LogP contribution < -0.4 is 0 Å². The van der Waals surface area contributed by atoms with E-state index in [2.05, 4.69) is 13.2 Å². The monoisotopic (exact) mass is 250 g/mol. The summed E-state index contributed by atoms with van der Waals surface area (Å²) >= 11 is 0. The number of hydrogen-bond acceptors (Lipinski definition) is 2. The lowest BCUT2D eigenvalue weighted by Crippen LogP contribution is -2.20. The first-order valence-corrected chi connectivity index (χ1v) is 7.09. The molecule has 0 atom stereocenters. The van der Waals surface area contributed by atoms with Crippen molar-refractivity contribution in [3.8, 4) is 0 Å². The molecule has 1 rings (SSSR count). The van der Waals surface area contributed by atoms with Crippen molar-refractivity contribution in [3.05, 3.63) is 55.1 Å². The first kappa shape index (κ1) is 13.7. The van der Waals surface area contributed by atoms with Crippen molar-refractivity contribution in [2.45, 2.75) is 29.9 Å². The first-order valence-electron chi connectivity index (χ1n) is 5.54. The van der Waals surface area contributed by atoms with Gasteiger partial charge in [-0.15, -0.1) is 13.2 Å².